The molecular formula is C18H23N9O3. The molecule has 2 heterocycles. The van der Waals surface area contributed by atoms with Crippen molar-refractivity contribution in [1.82, 2.24) is 35.6 Å². The van der Waals surface area contributed by atoms with E-state index < -0.39 is 5.91 Å². The van der Waals surface area contributed by atoms with Crippen LogP contribution in [0.15, 0.2) is 34.0 Å². The first-order valence-corrected chi connectivity index (χ1v) is 9.33. The van der Waals surface area contributed by atoms with Crippen molar-refractivity contribution in [3.63, 3.8) is 0 Å². The van der Waals surface area contributed by atoms with Crippen molar-refractivity contribution in [3.05, 3.63) is 41.2 Å². The van der Waals surface area contributed by atoms with Crippen LogP contribution in [-0.4, -0.2) is 60.0 Å². The molecule has 0 aliphatic carbocycles. The van der Waals surface area contributed by atoms with Crippen molar-refractivity contribution < 1.29 is 14.5 Å². The van der Waals surface area contributed by atoms with Crippen molar-refractivity contribution in [2.45, 2.75) is 27.3 Å². The quantitative estimate of drug-likeness (QED) is 0.360. The van der Waals surface area contributed by atoms with E-state index >= 15 is 0 Å². The lowest BCUT2D eigenvalue weighted by molar-refractivity contribution is 0.0944. The number of carbonyl (C=O) groups is 1. The van der Waals surface area contributed by atoms with Crippen LogP contribution in [0.5, 0.6) is 5.75 Å². The number of phenols is 1. The Morgan fingerprint density at radius 2 is 2.10 bits per heavy atom. The molecule has 0 fully saturated rings. The van der Waals surface area contributed by atoms with Crippen LogP contribution >= 0.6 is 0 Å². The number of nitrogens with two attached hydrogens (primary N) is 1. The lowest BCUT2D eigenvalue weighted by Gasteiger charge is -2.16. The minimum absolute atomic E-state index is 0.0252. The topological polar surface area (TPSA) is 161 Å². The number of hydrazone groups is 1. The number of aromatic hydroxyl groups is 1. The van der Waals surface area contributed by atoms with E-state index in [-0.39, 0.29) is 23.1 Å². The lowest BCUT2D eigenvalue weighted by atomic mass is 10.1. The van der Waals surface area contributed by atoms with Crippen molar-refractivity contribution >= 4 is 17.4 Å². The zero-order valence-corrected chi connectivity index (χ0v) is 16.9. The first-order chi connectivity index (χ1) is 14.4. The third-order valence-corrected chi connectivity index (χ3v) is 4.51. The van der Waals surface area contributed by atoms with Crippen LogP contribution in [0.25, 0.3) is 5.82 Å². The maximum atomic E-state index is 13.0. The molecule has 0 aliphatic rings. The maximum Gasteiger partial charge on any atom is 0.292 e. The molecule has 0 aliphatic heterocycles. The second-order valence-electron chi connectivity index (χ2n) is 6.42. The molecule has 12 nitrogen and oxygen atoms in total. The first kappa shape index (κ1) is 20.9. The summed E-state index contributed by atoms with van der Waals surface area (Å²) in [6.07, 6.45) is 0. The van der Waals surface area contributed by atoms with Gasteiger partial charge in [-0.2, -0.15) is 9.78 Å². The van der Waals surface area contributed by atoms with Crippen LogP contribution in [0, 0.1) is 0 Å². The standard InChI is InChI=1S/C18H23N9O3/c1-4-26(5-2)10-14-15(27(25-21-14)17-16(19)23-30-24-17)18(29)22-20-11(3)12-7-6-8-13(28)9-12/h6-9,28H,4-5,10H2,1-3H3,(H2,19,23)(H,22,29)/b20-11-. The van der Waals surface area contributed by atoms with Crippen molar-refractivity contribution in [1.29, 1.82) is 0 Å². The molecule has 2 aromatic heterocycles. The highest BCUT2D eigenvalue weighted by molar-refractivity contribution is 6.01. The number of benzene rings is 1. The molecule has 3 aromatic rings. The van der Waals surface area contributed by atoms with E-state index in [4.69, 9.17) is 5.73 Å². The summed E-state index contributed by atoms with van der Waals surface area (Å²) in [6.45, 7) is 7.67. The summed E-state index contributed by atoms with van der Waals surface area (Å²) < 4.78 is 5.81. The van der Waals surface area contributed by atoms with Gasteiger partial charge in [-0.3, -0.25) is 9.69 Å². The fourth-order valence-electron chi connectivity index (χ4n) is 2.77. The summed E-state index contributed by atoms with van der Waals surface area (Å²) in [6, 6.07) is 6.55. The Morgan fingerprint density at radius 1 is 1.33 bits per heavy atom. The number of phenolic OH excluding ortho intramolecular Hbond substituents is 1. The highest BCUT2D eigenvalue weighted by atomic mass is 16.6. The molecule has 12 heteroatoms. The van der Waals surface area contributed by atoms with Gasteiger partial charge in [0, 0.05) is 12.1 Å². The maximum absolute atomic E-state index is 13.0. The summed E-state index contributed by atoms with van der Waals surface area (Å²) in [5, 5.41) is 29.1. The number of nitrogens with one attached hydrogen (secondary N) is 1. The fraction of sp³-hybridized carbons (Fsp3) is 0.333. The molecule has 0 atom stereocenters. The number of amides is 1. The van der Waals surface area contributed by atoms with Gasteiger partial charge in [-0.15, -0.1) is 5.10 Å². The van der Waals surface area contributed by atoms with E-state index in [1.807, 2.05) is 13.8 Å². The Kier molecular flexibility index (Phi) is 6.37. The molecule has 0 bridgehead atoms. The predicted octanol–water partition coefficient (Wildman–Crippen LogP) is 0.934. The molecule has 0 saturated carbocycles. The van der Waals surface area contributed by atoms with E-state index in [9.17, 15) is 9.90 Å². The molecule has 1 aromatic carbocycles. The highest BCUT2D eigenvalue weighted by Gasteiger charge is 2.25. The molecule has 158 valence electrons. The number of anilines is 1. The third-order valence-electron chi connectivity index (χ3n) is 4.51. The molecule has 1 amide bonds. The van der Waals surface area contributed by atoms with Crippen LogP contribution in [0.3, 0.4) is 0 Å². The number of hydrogen-bond donors (Lipinski definition) is 3. The summed E-state index contributed by atoms with van der Waals surface area (Å²) in [7, 11) is 0. The van der Waals surface area contributed by atoms with Gasteiger partial charge in [0.2, 0.25) is 11.6 Å². The Morgan fingerprint density at radius 3 is 2.73 bits per heavy atom. The van der Waals surface area contributed by atoms with Gasteiger partial charge in [-0.25, -0.2) is 10.1 Å². The molecule has 0 unspecified atom stereocenters. The minimum Gasteiger partial charge on any atom is -0.508 e. The summed E-state index contributed by atoms with van der Waals surface area (Å²) in [5.74, 6) is -0.412. The van der Waals surface area contributed by atoms with Gasteiger partial charge in [-0.05, 0) is 42.5 Å². The third kappa shape index (κ3) is 4.43. The van der Waals surface area contributed by atoms with E-state index in [1.54, 1.807) is 31.2 Å². The summed E-state index contributed by atoms with van der Waals surface area (Å²) in [5.41, 5.74) is 9.99. The number of aromatic nitrogens is 5. The summed E-state index contributed by atoms with van der Waals surface area (Å²) in [4.78, 5) is 15.1. The average molecular weight is 413 g/mol. The van der Waals surface area contributed by atoms with Crippen LogP contribution < -0.4 is 11.2 Å². The van der Waals surface area contributed by atoms with E-state index in [0.29, 0.717) is 23.5 Å². The Labute approximate surface area is 172 Å². The Bertz CT molecular complexity index is 1050. The van der Waals surface area contributed by atoms with Crippen LogP contribution in [0.4, 0.5) is 5.82 Å². The fourth-order valence-corrected chi connectivity index (χ4v) is 2.77. The molecule has 4 N–H and O–H groups in total. The lowest BCUT2D eigenvalue weighted by Crippen LogP contribution is -2.27. The Balaban J connectivity index is 1.93. The number of rotatable bonds is 8. The van der Waals surface area contributed by atoms with Gasteiger partial charge in [0.25, 0.3) is 5.91 Å². The van der Waals surface area contributed by atoms with E-state index in [0.717, 1.165) is 13.1 Å². The second kappa shape index (κ2) is 9.13. The van der Waals surface area contributed by atoms with Crippen LogP contribution in [0.2, 0.25) is 0 Å². The molecule has 30 heavy (non-hydrogen) atoms. The zero-order valence-electron chi connectivity index (χ0n) is 16.9. The zero-order chi connectivity index (χ0) is 21.7. The number of carbonyl (C=O) groups excluding carboxylic acids is 1. The van der Waals surface area contributed by atoms with Gasteiger partial charge in [0.15, 0.2) is 5.69 Å². The van der Waals surface area contributed by atoms with Crippen molar-refractivity contribution in [2.75, 3.05) is 18.8 Å². The van der Waals surface area contributed by atoms with E-state index in [1.165, 1.54) is 4.68 Å². The number of hydrogen-bond acceptors (Lipinski definition) is 10. The van der Waals surface area contributed by atoms with E-state index in [2.05, 4.69) is 40.7 Å². The first-order valence-electron chi connectivity index (χ1n) is 9.33. The van der Waals surface area contributed by atoms with Crippen molar-refractivity contribution in [3.8, 4) is 11.6 Å². The van der Waals surface area contributed by atoms with Gasteiger partial charge in [0.1, 0.15) is 11.4 Å². The van der Waals surface area contributed by atoms with Crippen molar-refractivity contribution in [2.24, 2.45) is 5.10 Å². The Hall–Kier alpha value is -3.80. The van der Waals surface area contributed by atoms with Gasteiger partial charge >= 0.3 is 0 Å². The van der Waals surface area contributed by atoms with Crippen LogP contribution in [-0.2, 0) is 6.54 Å². The average Bonchev–Trinajstić information content (AvgIpc) is 3.35. The molecular weight excluding hydrogens is 390 g/mol. The smallest absolute Gasteiger partial charge is 0.292 e. The van der Waals surface area contributed by atoms with Crippen LogP contribution in [0.1, 0.15) is 42.5 Å². The SMILES string of the molecule is CCN(CC)Cc1nnn(-c2nonc2N)c1C(=O)N/N=C(/C)c1cccc(O)c1. The molecule has 0 radical (unpaired) electrons. The number of nitrogens with zero attached hydrogens (tertiary/aromatic N) is 7. The molecule has 3 rings (SSSR count). The predicted molar refractivity (Wildman–Crippen MR) is 108 cm³/mol. The monoisotopic (exact) mass is 413 g/mol. The summed E-state index contributed by atoms with van der Waals surface area (Å²) >= 11 is 0. The largest absolute Gasteiger partial charge is 0.508 e. The van der Waals surface area contributed by atoms with Gasteiger partial charge < -0.3 is 10.8 Å². The molecule has 0 spiro atoms. The minimum atomic E-state index is -0.552. The van der Waals surface area contributed by atoms with Gasteiger partial charge in [-0.1, -0.05) is 31.2 Å². The van der Waals surface area contributed by atoms with Gasteiger partial charge in [0.05, 0.1) is 5.71 Å². The second-order valence-corrected chi connectivity index (χ2v) is 6.42. The highest BCUT2D eigenvalue weighted by Crippen LogP contribution is 2.17. The normalized spacial score (nSPS) is 11.8. The number of nitrogen functional groups attached to an aromatic ring is 1. The molecule has 0 saturated heterocycles.